The third-order valence-electron chi connectivity index (χ3n) is 3.14. The summed E-state index contributed by atoms with van der Waals surface area (Å²) in [5, 5.41) is 0. The van der Waals surface area contributed by atoms with E-state index in [1.165, 1.54) is 6.08 Å². The van der Waals surface area contributed by atoms with Gasteiger partial charge in [-0.1, -0.05) is 0 Å². The number of rotatable bonds is 6. The van der Waals surface area contributed by atoms with Crippen LogP contribution in [0.15, 0.2) is 46.4 Å². The Labute approximate surface area is 134 Å². The Bertz CT molecular complexity index is 722. The van der Waals surface area contributed by atoms with Crippen LogP contribution in [0.25, 0.3) is 6.08 Å². The first-order valence-corrected chi connectivity index (χ1v) is 7.19. The van der Waals surface area contributed by atoms with Gasteiger partial charge in [-0.3, -0.25) is 4.79 Å². The standard InChI is InChI=1S/C18H18O5/c1-4-22-18(20)16(11-15-8-5-12(2)23-15)17(19)13-6-9-14(21-3)10-7-13/h5-11H,4H2,1-3H3/b16-11-. The van der Waals surface area contributed by atoms with Crippen molar-refractivity contribution in [1.82, 2.24) is 0 Å². The molecular weight excluding hydrogens is 296 g/mol. The molecule has 0 aliphatic heterocycles. The maximum absolute atomic E-state index is 12.6. The van der Waals surface area contributed by atoms with E-state index >= 15 is 0 Å². The summed E-state index contributed by atoms with van der Waals surface area (Å²) in [5.74, 6) is 0.635. The number of ether oxygens (including phenoxy) is 2. The van der Waals surface area contributed by atoms with Crippen LogP contribution in [0.2, 0.25) is 0 Å². The van der Waals surface area contributed by atoms with Gasteiger partial charge in [0.05, 0.1) is 13.7 Å². The van der Waals surface area contributed by atoms with Gasteiger partial charge in [-0.15, -0.1) is 0 Å². The first kappa shape index (κ1) is 16.5. The second-order valence-electron chi connectivity index (χ2n) is 4.78. The molecule has 0 bridgehead atoms. The average Bonchev–Trinajstić information content (AvgIpc) is 2.97. The number of Topliss-reactive ketones (excluding diaryl/α,β-unsaturated/α-hetero) is 1. The summed E-state index contributed by atoms with van der Waals surface area (Å²) in [6.07, 6.45) is 1.40. The van der Waals surface area contributed by atoms with Crippen molar-refractivity contribution in [3.8, 4) is 5.75 Å². The number of ketones is 1. The summed E-state index contributed by atoms with van der Waals surface area (Å²) in [7, 11) is 1.54. The van der Waals surface area contributed by atoms with E-state index in [2.05, 4.69) is 0 Å². The number of hydrogen-bond acceptors (Lipinski definition) is 5. The summed E-state index contributed by atoms with van der Waals surface area (Å²) >= 11 is 0. The number of carbonyl (C=O) groups excluding carboxylic acids is 2. The lowest BCUT2D eigenvalue weighted by Gasteiger charge is -2.07. The highest BCUT2D eigenvalue weighted by Gasteiger charge is 2.22. The fourth-order valence-corrected chi connectivity index (χ4v) is 2.00. The first-order chi connectivity index (χ1) is 11.0. The van der Waals surface area contributed by atoms with Gasteiger partial charge in [0.2, 0.25) is 0 Å². The molecule has 120 valence electrons. The molecule has 0 saturated heterocycles. The molecule has 0 radical (unpaired) electrons. The van der Waals surface area contributed by atoms with Crippen molar-refractivity contribution in [2.75, 3.05) is 13.7 Å². The third-order valence-corrected chi connectivity index (χ3v) is 3.14. The van der Waals surface area contributed by atoms with Crippen LogP contribution in [-0.2, 0) is 9.53 Å². The minimum absolute atomic E-state index is 0.0774. The highest BCUT2D eigenvalue weighted by atomic mass is 16.5. The quantitative estimate of drug-likeness (QED) is 0.269. The van der Waals surface area contributed by atoms with Gasteiger partial charge in [-0.25, -0.2) is 4.79 Å². The molecule has 1 heterocycles. The number of aryl methyl sites for hydroxylation is 1. The number of carbonyl (C=O) groups is 2. The topological polar surface area (TPSA) is 65.7 Å². The molecule has 2 rings (SSSR count). The Hall–Kier alpha value is -2.82. The van der Waals surface area contributed by atoms with Crippen LogP contribution >= 0.6 is 0 Å². The van der Waals surface area contributed by atoms with Crippen molar-refractivity contribution in [3.63, 3.8) is 0 Å². The normalized spacial score (nSPS) is 11.2. The maximum atomic E-state index is 12.6. The van der Waals surface area contributed by atoms with Crippen molar-refractivity contribution in [3.05, 3.63) is 59.1 Å². The summed E-state index contributed by atoms with van der Waals surface area (Å²) in [6, 6.07) is 9.96. The molecule has 1 aromatic heterocycles. The zero-order valence-corrected chi connectivity index (χ0v) is 13.3. The number of furan rings is 1. The molecule has 0 N–H and O–H groups in total. The Kier molecular flexibility index (Phi) is 5.36. The van der Waals surface area contributed by atoms with Gasteiger partial charge in [-0.2, -0.15) is 0 Å². The second-order valence-corrected chi connectivity index (χ2v) is 4.78. The lowest BCUT2D eigenvalue weighted by Crippen LogP contribution is -2.16. The SMILES string of the molecule is CCOC(=O)/C(=C\c1ccc(C)o1)C(=O)c1ccc(OC)cc1. The molecule has 5 heteroatoms. The van der Waals surface area contributed by atoms with E-state index in [1.54, 1.807) is 57.4 Å². The van der Waals surface area contributed by atoms with Crippen LogP contribution in [0.1, 0.15) is 28.8 Å². The van der Waals surface area contributed by atoms with Gasteiger partial charge in [0.25, 0.3) is 0 Å². The molecule has 0 atom stereocenters. The molecule has 23 heavy (non-hydrogen) atoms. The predicted molar refractivity (Wildman–Crippen MR) is 85.4 cm³/mol. The van der Waals surface area contributed by atoms with Crippen LogP contribution < -0.4 is 4.74 Å². The Balaban J connectivity index is 2.37. The molecule has 5 nitrogen and oxygen atoms in total. The Morgan fingerprint density at radius 3 is 2.35 bits per heavy atom. The lowest BCUT2D eigenvalue weighted by molar-refractivity contribution is -0.137. The molecule has 1 aromatic carbocycles. The minimum Gasteiger partial charge on any atom is -0.497 e. The summed E-state index contributed by atoms with van der Waals surface area (Å²) < 4.78 is 15.4. The third kappa shape index (κ3) is 4.10. The summed E-state index contributed by atoms with van der Waals surface area (Å²) in [5.41, 5.74) is 0.291. The fourth-order valence-electron chi connectivity index (χ4n) is 2.00. The molecule has 0 aliphatic carbocycles. The molecule has 0 spiro atoms. The highest BCUT2D eigenvalue weighted by Crippen LogP contribution is 2.18. The molecule has 0 aliphatic rings. The summed E-state index contributed by atoms with van der Waals surface area (Å²) in [6.45, 7) is 3.65. The molecule has 2 aromatic rings. The van der Waals surface area contributed by atoms with Crippen molar-refractivity contribution in [2.45, 2.75) is 13.8 Å². The molecule has 0 amide bonds. The van der Waals surface area contributed by atoms with E-state index in [0.717, 1.165) is 0 Å². The van der Waals surface area contributed by atoms with Crippen LogP contribution in [0.4, 0.5) is 0 Å². The number of benzene rings is 1. The van der Waals surface area contributed by atoms with Crippen LogP contribution in [-0.4, -0.2) is 25.5 Å². The zero-order chi connectivity index (χ0) is 16.8. The molecule has 0 unspecified atom stereocenters. The average molecular weight is 314 g/mol. The summed E-state index contributed by atoms with van der Waals surface area (Å²) in [4.78, 5) is 24.7. The van der Waals surface area contributed by atoms with Crippen molar-refractivity contribution >= 4 is 17.8 Å². The van der Waals surface area contributed by atoms with Gasteiger partial charge in [0.15, 0.2) is 5.78 Å². The van der Waals surface area contributed by atoms with E-state index in [0.29, 0.717) is 22.8 Å². The van der Waals surface area contributed by atoms with Crippen LogP contribution in [0.5, 0.6) is 5.75 Å². The van der Waals surface area contributed by atoms with Crippen molar-refractivity contribution < 1.29 is 23.5 Å². The van der Waals surface area contributed by atoms with Gasteiger partial charge in [0, 0.05) is 5.56 Å². The Morgan fingerprint density at radius 1 is 1.13 bits per heavy atom. The van der Waals surface area contributed by atoms with Crippen LogP contribution in [0.3, 0.4) is 0 Å². The lowest BCUT2D eigenvalue weighted by atomic mass is 10.0. The smallest absolute Gasteiger partial charge is 0.342 e. The monoisotopic (exact) mass is 314 g/mol. The number of esters is 1. The highest BCUT2D eigenvalue weighted by molar-refractivity contribution is 6.26. The van der Waals surface area contributed by atoms with Gasteiger partial charge in [0.1, 0.15) is 22.8 Å². The van der Waals surface area contributed by atoms with Gasteiger partial charge >= 0.3 is 5.97 Å². The van der Waals surface area contributed by atoms with Gasteiger partial charge < -0.3 is 13.9 Å². The fraction of sp³-hybridized carbons (Fsp3) is 0.222. The molecular formula is C18H18O5. The van der Waals surface area contributed by atoms with Crippen molar-refractivity contribution in [1.29, 1.82) is 0 Å². The second kappa shape index (κ2) is 7.45. The van der Waals surface area contributed by atoms with Crippen molar-refractivity contribution in [2.24, 2.45) is 0 Å². The number of hydrogen-bond donors (Lipinski definition) is 0. The molecule has 0 saturated carbocycles. The van der Waals surface area contributed by atoms with E-state index in [9.17, 15) is 9.59 Å². The van der Waals surface area contributed by atoms with E-state index in [4.69, 9.17) is 13.9 Å². The van der Waals surface area contributed by atoms with E-state index in [1.807, 2.05) is 0 Å². The first-order valence-electron chi connectivity index (χ1n) is 7.19. The minimum atomic E-state index is -0.678. The largest absolute Gasteiger partial charge is 0.497 e. The van der Waals surface area contributed by atoms with E-state index in [-0.39, 0.29) is 12.2 Å². The Morgan fingerprint density at radius 2 is 1.83 bits per heavy atom. The number of methoxy groups -OCH3 is 1. The predicted octanol–water partition coefficient (Wildman–Crippen LogP) is 3.43. The van der Waals surface area contributed by atoms with E-state index < -0.39 is 11.8 Å². The van der Waals surface area contributed by atoms with Crippen LogP contribution in [0, 0.1) is 6.92 Å². The zero-order valence-electron chi connectivity index (χ0n) is 13.3. The van der Waals surface area contributed by atoms with Gasteiger partial charge in [-0.05, 0) is 56.3 Å². The molecule has 0 fully saturated rings. The maximum Gasteiger partial charge on any atom is 0.342 e.